The van der Waals surface area contributed by atoms with Crippen LogP contribution in [0.25, 0.3) is 11.0 Å². The number of benzene rings is 2. The summed E-state index contributed by atoms with van der Waals surface area (Å²) in [5.74, 6) is -0.967. The molecule has 6 nitrogen and oxygen atoms in total. The number of carbonyl (C=O) groups excluding carboxylic acids is 1. The molecule has 2 aromatic heterocycles. The number of aromatic nitrogens is 1. The topological polar surface area (TPSA) is 96.2 Å². The van der Waals surface area contributed by atoms with Gasteiger partial charge in [0.05, 0.1) is 11.6 Å². The minimum Gasteiger partial charge on any atom is -0.494 e. The molecule has 0 fully saturated rings. The monoisotopic (exact) mass is 440 g/mol. The molecule has 2 aromatic carbocycles. The smallest absolute Gasteiger partial charge is 0.272 e. The summed E-state index contributed by atoms with van der Waals surface area (Å²) in [6, 6.07) is 14.3. The lowest BCUT2D eigenvalue weighted by Crippen LogP contribution is -2.29. The number of ketones is 1. The number of nitriles is 1. The van der Waals surface area contributed by atoms with Gasteiger partial charge in [-0.1, -0.05) is 36.4 Å². The first-order valence-corrected chi connectivity index (χ1v) is 10.7. The highest BCUT2D eigenvalue weighted by molar-refractivity contribution is 6.13. The van der Waals surface area contributed by atoms with Crippen molar-refractivity contribution in [3.63, 3.8) is 0 Å². The third-order valence-electron chi connectivity index (χ3n) is 6.22. The Labute approximate surface area is 191 Å². The van der Waals surface area contributed by atoms with Gasteiger partial charge in [-0.2, -0.15) is 5.26 Å². The summed E-state index contributed by atoms with van der Waals surface area (Å²) >= 11 is 0. The van der Waals surface area contributed by atoms with Crippen molar-refractivity contribution in [2.45, 2.75) is 40.7 Å². The standard InChI is InChI=1S/C27H24N2O4/c1-14-11-15(2)22-17(4)25(33-21(22)12-14)24(30)23-16(3)20(13-28)26(31)29(27(23)32)18(5)19-9-7-6-8-10-19/h6-12,18,32H,1-5H3. The Hall–Kier alpha value is -4.11. The Morgan fingerprint density at radius 2 is 1.76 bits per heavy atom. The van der Waals surface area contributed by atoms with Crippen LogP contribution in [0.3, 0.4) is 0 Å². The molecule has 6 heteroatoms. The summed E-state index contributed by atoms with van der Waals surface area (Å²) in [7, 11) is 0. The van der Waals surface area contributed by atoms with Crippen LogP contribution < -0.4 is 5.56 Å². The molecule has 0 radical (unpaired) electrons. The fourth-order valence-corrected chi connectivity index (χ4v) is 4.55. The molecule has 0 saturated heterocycles. The molecule has 1 unspecified atom stereocenters. The average molecular weight is 440 g/mol. The average Bonchev–Trinajstić information content (AvgIpc) is 3.10. The van der Waals surface area contributed by atoms with Gasteiger partial charge in [0.1, 0.15) is 17.2 Å². The van der Waals surface area contributed by atoms with Crippen molar-refractivity contribution in [2.75, 3.05) is 0 Å². The summed E-state index contributed by atoms with van der Waals surface area (Å²) < 4.78 is 7.04. The van der Waals surface area contributed by atoms with E-state index in [9.17, 15) is 20.0 Å². The Morgan fingerprint density at radius 1 is 1.09 bits per heavy atom. The highest BCUT2D eigenvalue weighted by Crippen LogP contribution is 2.34. The lowest BCUT2D eigenvalue weighted by Gasteiger charge is -2.21. The second kappa shape index (κ2) is 8.10. The second-order valence-electron chi connectivity index (χ2n) is 8.41. The Balaban J connectivity index is 1.99. The minimum absolute atomic E-state index is 0.0820. The number of furan rings is 1. The number of pyridine rings is 1. The SMILES string of the molecule is Cc1cc(C)c2c(C)c(C(=O)c3c(C)c(C#N)c(=O)n(C(C)c4ccccc4)c3O)oc2c1. The fourth-order valence-electron chi connectivity index (χ4n) is 4.55. The molecule has 0 amide bonds. The molecule has 1 atom stereocenters. The number of rotatable bonds is 4. The molecule has 0 aliphatic heterocycles. The molecule has 0 aliphatic rings. The van der Waals surface area contributed by atoms with E-state index in [0.29, 0.717) is 11.1 Å². The van der Waals surface area contributed by atoms with Gasteiger partial charge < -0.3 is 9.52 Å². The zero-order valence-corrected chi connectivity index (χ0v) is 19.2. The van der Waals surface area contributed by atoms with Gasteiger partial charge in [-0.05, 0) is 62.9 Å². The van der Waals surface area contributed by atoms with Crippen LogP contribution in [0.15, 0.2) is 51.7 Å². The van der Waals surface area contributed by atoms with Crippen LogP contribution >= 0.6 is 0 Å². The molecule has 33 heavy (non-hydrogen) atoms. The van der Waals surface area contributed by atoms with E-state index in [2.05, 4.69) is 0 Å². The highest BCUT2D eigenvalue weighted by Gasteiger charge is 2.30. The van der Waals surface area contributed by atoms with Gasteiger partial charge in [-0.25, -0.2) is 0 Å². The largest absolute Gasteiger partial charge is 0.494 e. The van der Waals surface area contributed by atoms with Gasteiger partial charge >= 0.3 is 0 Å². The number of carbonyl (C=O) groups is 1. The van der Waals surface area contributed by atoms with Crippen LogP contribution in [0.1, 0.15) is 62.5 Å². The van der Waals surface area contributed by atoms with E-state index in [1.165, 1.54) is 6.92 Å². The normalized spacial score (nSPS) is 12.0. The van der Waals surface area contributed by atoms with Crippen molar-refractivity contribution in [1.29, 1.82) is 5.26 Å². The van der Waals surface area contributed by atoms with Gasteiger partial charge in [0, 0.05) is 10.9 Å². The summed E-state index contributed by atoms with van der Waals surface area (Å²) in [4.78, 5) is 26.8. The van der Waals surface area contributed by atoms with Crippen LogP contribution in [-0.2, 0) is 0 Å². The third-order valence-corrected chi connectivity index (χ3v) is 6.22. The zero-order valence-electron chi connectivity index (χ0n) is 19.2. The maximum atomic E-state index is 13.7. The van der Waals surface area contributed by atoms with Crippen LogP contribution in [-0.4, -0.2) is 15.5 Å². The zero-order chi connectivity index (χ0) is 24.0. The molecule has 1 N–H and O–H groups in total. The van der Waals surface area contributed by atoms with Crippen LogP contribution in [0, 0.1) is 39.0 Å². The summed E-state index contributed by atoms with van der Waals surface area (Å²) in [6.07, 6.45) is 0. The Morgan fingerprint density at radius 3 is 2.39 bits per heavy atom. The molecular formula is C27H24N2O4. The van der Waals surface area contributed by atoms with Crippen molar-refractivity contribution >= 4 is 16.8 Å². The van der Waals surface area contributed by atoms with Gasteiger partial charge in [0.25, 0.3) is 5.56 Å². The molecule has 2 heterocycles. The second-order valence-corrected chi connectivity index (χ2v) is 8.41. The number of hydrogen-bond acceptors (Lipinski definition) is 5. The first kappa shape index (κ1) is 22.1. The lowest BCUT2D eigenvalue weighted by atomic mass is 9.96. The molecule has 166 valence electrons. The van der Waals surface area contributed by atoms with E-state index in [-0.39, 0.29) is 22.5 Å². The lowest BCUT2D eigenvalue weighted by molar-refractivity contribution is 0.100. The number of aryl methyl sites for hydroxylation is 3. The number of aromatic hydroxyl groups is 1. The van der Waals surface area contributed by atoms with Gasteiger partial charge in [0.15, 0.2) is 5.76 Å². The van der Waals surface area contributed by atoms with Crippen LogP contribution in [0.5, 0.6) is 5.88 Å². The Bertz CT molecular complexity index is 1520. The van der Waals surface area contributed by atoms with E-state index in [0.717, 1.165) is 26.6 Å². The third kappa shape index (κ3) is 3.42. The van der Waals surface area contributed by atoms with E-state index in [4.69, 9.17) is 4.42 Å². The molecular weight excluding hydrogens is 416 g/mol. The number of fused-ring (bicyclic) bond motifs is 1. The van der Waals surface area contributed by atoms with Crippen molar-refractivity contribution in [1.82, 2.24) is 4.57 Å². The predicted molar refractivity (Wildman–Crippen MR) is 126 cm³/mol. The van der Waals surface area contributed by atoms with E-state index in [1.54, 1.807) is 13.8 Å². The van der Waals surface area contributed by atoms with E-state index >= 15 is 0 Å². The quantitative estimate of drug-likeness (QED) is 0.438. The van der Waals surface area contributed by atoms with E-state index in [1.807, 2.05) is 62.4 Å². The van der Waals surface area contributed by atoms with Gasteiger partial charge in [-0.15, -0.1) is 0 Å². The van der Waals surface area contributed by atoms with Crippen LogP contribution in [0.4, 0.5) is 0 Å². The first-order chi connectivity index (χ1) is 15.7. The summed E-state index contributed by atoms with van der Waals surface area (Å²) in [5.41, 5.74) is 3.17. The predicted octanol–water partition coefficient (Wildman–Crippen LogP) is 5.25. The summed E-state index contributed by atoms with van der Waals surface area (Å²) in [6.45, 7) is 8.92. The molecule has 4 aromatic rings. The molecule has 0 spiro atoms. The maximum Gasteiger partial charge on any atom is 0.272 e. The van der Waals surface area contributed by atoms with E-state index < -0.39 is 23.3 Å². The van der Waals surface area contributed by atoms with Crippen LogP contribution in [0.2, 0.25) is 0 Å². The maximum absolute atomic E-state index is 13.7. The number of nitrogens with zero attached hydrogens (tertiary/aromatic N) is 2. The van der Waals surface area contributed by atoms with Crippen molar-refractivity contribution in [2.24, 2.45) is 0 Å². The Kier molecular flexibility index (Phi) is 5.43. The fraction of sp³-hybridized carbons (Fsp3) is 0.222. The van der Waals surface area contributed by atoms with Crippen molar-refractivity contribution < 1.29 is 14.3 Å². The molecule has 0 saturated carbocycles. The molecule has 0 bridgehead atoms. The number of hydrogen-bond donors (Lipinski definition) is 1. The highest BCUT2D eigenvalue weighted by atomic mass is 16.3. The van der Waals surface area contributed by atoms with Crippen molar-refractivity contribution in [3.8, 4) is 11.9 Å². The van der Waals surface area contributed by atoms with Crippen molar-refractivity contribution in [3.05, 3.63) is 97.5 Å². The van der Waals surface area contributed by atoms with Gasteiger partial charge in [0.2, 0.25) is 11.7 Å². The minimum atomic E-state index is -0.645. The molecule has 4 rings (SSSR count). The summed E-state index contributed by atoms with van der Waals surface area (Å²) in [5, 5.41) is 21.7. The first-order valence-electron chi connectivity index (χ1n) is 10.7. The molecule has 0 aliphatic carbocycles. The van der Waals surface area contributed by atoms with Gasteiger partial charge in [-0.3, -0.25) is 14.2 Å².